The third-order valence-electron chi connectivity index (χ3n) is 3.18. The van der Waals surface area contributed by atoms with Crippen molar-refractivity contribution in [2.24, 2.45) is 0 Å². The van der Waals surface area contributed by atoms with Gasteiger partial charge in [-0.3, -0.25) is 9.69 Å². The zero-order valence-electron chi connectivity index (χ0n) is 10.8. The molecular weight excluding hydrogens is 214 g/mol. The Kier molecular flexibility index (Phi) is 5.16. The van der Waals surface area contributed by atoms with Crippen LogP contribution >= 0.6 is 0 Å². The maximum atomic E-state index is 11.1. The molecule has 0 radical (unpaired) electrons. The van der Waals surface area contributed by atoms with Crippen LogP contribution in [0.3, 0.4) is 0 Å². The number of hydrogen-bond acceptors (Lipinski definition) is 2. The van der Waals surface area contributed by atoms with Crippen LogP contribution in [0.15, 0.2) is 24.3 Å². The second-order valence-corrected chi connectivity index (χ2v) is 4.22. The summed E-state index contributed by atoms with van der Waals surface area (Å²) in [5.41, 5.74) is 2.04. The van der Waals surface area contributed by atoms with Crippen molar-refractivity contribution >= 4 is 5.97 Å². The summed E-state index contributed by atoms with van der Waals surface area (Å²) in [7, 11) is 0. The van der Waals surface area contributed by atoms with Crippen LogP contribution in [0.2, 0.25) is 0 Å². The number of aliphatic carboxylic acids is 1. The first-order valence-electron chi connectivity index (χ1n) is 6.13. The van der Waals surface area contributed by atoms with Crippen molar-refractivity contribution in [1.82, 2.24) is 4.90 Å². The smallest absolute Gasteiger partial charge is 0.310 e. The first-order valence-corrected chi connectivity index (χ1v) is 6.13. The van der Waals surface area contributed by atoms with Crippen molar-refractivity contribution in [2.75, 3.05) is 13.1 Å². The Bertz CT molecular complexity index is 372. The Morgan fingerprint density at radius 3 is 2.41 bits per heavy atom. The third-order valence-corrected chi connectivity index (χ3v) is 3.18. The number of hydrogen-bond donors (Lipinski definition) is 1. The first kappa shape index (κ1) is 13.7. The minimum atomic E-state index is -0.767. The molecule has 0 heterocycles. The molecule has 1 aromatic rings. The van der Waals surface area contributed by atoms with Crippen molar-refractivity contribution in [2.45, 2.75) is 33.2 Å². The lowest BCUT2D eigenvalue weighted by molar-refractivity contribution is -0.138. The highest BCUT2D eigenvalue weighted by Crippen LogP contribution is 2.21. The van der Waals surface area contributed by atoms with E-state index in [1.165, 1.54) is 0 Å². The molecule has 1 atom stereocenters. The molecule has 0 fully saturated rings. The van der Waals surface area contributed by atoms with Crippen LogP contribution in [0.4, 0.5) is 0 Å². The maximum Gasteiger partial charge on any atom is 0.310 e. The molecular formula is C14H21NO2. The number of rotatable bonds is 6. The van der Waals surface area contributed by atoms with Crippen molar-refractivity contribution in [3.05, 3.63) is 35.4 Å². The number of carboxylic acids is 1. The topological polar surface area (TPSA) is 40.5 Å². The van der Waals surface area contributed by atoms with Gasteiger partial charge in [0.25, 0.3) is 0 Å². The quantitative estimate of drug-likeness (QED) is 0.824. The average molecular weight is 235 g/mol. The fourth-order valence-corrected chi connectivity index (χ4v) is 1.92. The summed E-state index contributed by atoms with van der Waals surface area (Å²) in [6, 6.07) is 7.81. The standard InChI is InChI=1S/C14H21NO2/c1-4-15(5-2)10-12-8-6-7-9-13(12)11(3)14(16)17/h6-9,11H,4-5,10H2,1-3H3,(H,16,17). The van der Waals surface area contributed by atoms with E-state index in [1.807, 2.05) is 24.3 Å². The molecule has 3 nitrogen and oxygen atoms in total. The van der Waals surface area contributed by atoms with Crippen molar-refractivity contribution in [1.29, 1.82) is 0 Å². The van der Waals surface area contributed by atoms with Crippen LogP contribution in [0.25, 0.3) is 0 Å². The monoisotopic (exact) mass is 235 g/mol. The third kappa shape index (κ3) is 3.56. The van der Waals surface area contributed by atoms with Gasteiger partial charge in [0, 0.05) is 6.54 Å². The highest BCUT2D eigenvalue weighted by molar-refractivity contribution is 5.76. The van der Waals surface area contributed by atoms with E-state index in [2.05, 4.69) is 18.7 Å². The fraction of sp³-hybridized carbons (Fsp3) is 0.500. The molecule has 1 unspecified atom stereocenters. The second-order valence-electron chi connectivity index (χ2n) is 4.22. The SMILES string of the molecule is CCN(CC)Cc1ccccc1C(C)C(=O)O. The van der Waals surface area contributed by atoms with Gasteiger partial charge in [-0.25, -0.2) is 0 Å². The van der Waals surface area contributed by atoms with Crippen molar-refractivity contribution < 1.29 is 9.90 Å². The molecule has 0 aliphatic heterocycles. The molecule has 3 heteroatoms. The first-order chi connectivity index (χ1) is 8.10. The van der Waals surface area contributed by atoms with E-state index in [1.54, 1.807) is 6.92 Å². The molecule has 0 spiro atoms. The van der Waals surface area contributed by atoms with Gasteiger partial charge in [0.2, 0.25) is 0 Å². The van der Waals surface area contributed by atoms with E-state index in [0.29, 0.717) is 0 Å². The molecule has 0 aliphatic rings. The average Bonchev–Trinajstić information content (AvgIpc) is 2.35. The minimum absolute atomic E-state index is 0.443. The Hall–Kier alpha value is -1.35. The van der Waals surface area contributed by atoms with E-state index in [9.17, 15) is 4.79 Å². The molecule has 0 aromatic heterocycles. The molecule has 0 aliphatic carbocycles. The molecule has 1 aromatic carbocycles. The number of nitrogens with zero attached hydrogens (tertiary/aromatic N) is 1. The lowest BCUT2D eigenvalue weighted by Crippen LogP contribution is -2.23. The molecule has 0 amide bonds. The van der Waals surface area contributed by atoms with Gasteiger partial charge >= 0.3 is 5.97 Å². The predicted octanol–water partition coefficient (Wildman–Crippen LogP) is 2.72. The summed E-state index contributed by atoms with van der Waals surface area (Å²) in [6.07, 6.45) is 0. The summed E-state index contributed by atoms with van der Waals surface area (Å²) in [6.45, 7) is 8.75. The van der Waals surface area contributed by atoms with E-state index in [0.717, 1.165) is 30.8 Å². The molecule has 0 saturated heterocycles. The summed E-state index contributed by atoms with van der Waals surface area (Å²) in [5, 5.41) is 9.09. The lowest BCUT2D eigenvalue weighted by Gasteiger charge is -2.21. The Morgan fingerprint density at radius 2 is 1.88 bits per heavy atom. The van der Waals surface area contributed by atoms with Gasteiger partial charge in [-0.2, -0.15) is 0 Å². The summed E-state index contributed by atoms with van der Waals surface area (Å²) in [5.74, 6) is -1.21. The Balaban J connectivity index is 2.95. The van der Waals surface area contributed by atoms with Crippen molar-refractivity contribution in [3.8, 4) is 0 Å². The maximum absolute atomic E-state index is 11.1. The normalized spacial score (nSPS) is 12.7. The van der Waals surface area contributed by atoms with Crippen LogP contribution in [-0.4, -0.2) is 29.1 Å². The molecule has 94 valence electrons. The van der Waals surface area contributed by atoms with Gasteiger partial charge in [0.05, 0.1) is 5.92 Å². The second kappa shape index (κ2) is 6.40. The molecule has 17 heavy (non-hydrogen) atoms. The fourth-order valence-electron chi connectivity index (χ4n) is 1.92. The number of carboxylic acid groups (broad SMARTS) is 1. The van der Waals surface area contributed by atoms with Gasteiger partial charge in [-0.05, 0) is 31.1 Å². The number of benzene rings is 1. The molecule has 1 N–H and O–H groups in total. The van der Waals surface area contributed by atoms with Gasteiger partial charge < -0.3 is 5.11 Å². The molecule has 0 bridgehead atoms. The summed E-state index contributed by atoms with van der Waals surface area (Å²) >= 11 is 0. The lowest BCUT2D eigenvalue weighted by atomic mass is 9.95. The largest absolute Gasteiger partial charge is 0.481 e. The van der Waals surface area contributed by atoms with Crippen LogP contribution in [0, 0.1) is 0 Å². The molecule has 0 saturated carbocycles. The van der Waals surface area contributed by atoms with Crippen LogP contribution < -0.4 is 0 Å². The van der Waals surface area contributed by atoms with E-state index in [-0.39, 0.29) is 0 Å². The highest BCUT2D eigenvalue weighted by Gasteiger charge is 2.17. The minimum Gasteiger partial charge on any atom is -0.481 e. The van der Waals surface area contributed by atoms with Crippen LogP contribution in [0.1, 0.15) is 37.8 Å². The molecule has 1 rings (SSSR count). The Morgan fingerprint density at radius 1 is 1.29 bits per heavy atom. The van der Waals surface area contributed by atoms with Gasteiger partial charge in [-0.1, -0.05) is 38.1 Å². The zero-order valence-corrected chi connectivity index (χ0v) is 10.8. The van der Waals surface area contributed by atoms with Crippen LogP contribution in [0.5, 0.6) is 0 Å². The van der Waals surface area contributed by atoms with Crippen molar-refractivity contribution in [3.63, 3.8) is 0 Å². The van der Waals surface area contributed by atoms with Gasteiger partial charge in [0.15, 0.2) is 0 Å². The summed E-state index contributed by atoms with van der Waals surface area (Å²) in [4.78, 5) is 13.3. The van der Waals surface area contributed by atoms with Crippen LogP contribution in [-0.2, 0) is 11.3 Å². The number of carbonyl (C=O) groups is 1. The van der Waals surface area contributed by atoms with E-state index in [4.69, 9.17) is 5.11 Å². The van der Waals surface area contributed by atoms with E-state index < -0.39 is 11.9 Å². The zero-order chi connectivity index (χ0) is 12.8. The van der Waals surface area contributed by atoms with E-state index >= 15 is 0 Å². The van der Waals surface area contributed by atoms with Gasteiger partial charge in [0.1, 0.15) is 0 Å². The summed E-state index contributed by atoms with van der Waals surface area (Å²) < 4.78 is 0. The predicted molar refractivity (Wildman–Crippen MR) is 69.1 cm³/mol. The highest BCUT2D eigenvalue weighted by atomic mass is 16.4. The Labute approximate surface area is 103 Å². The van der Waals surface area contributed by atoms with Gasteiger partial charge in [-0.15, -0.1) is 0 Å².